The quantitative estimate of drug-likeness (QED) is 0.706. The molecule has 0 radical (unpaired) electrons. The summed E-state index contributed by atoms with van der Waals surface area (Å²) >= 11 is 0. The Morgan fingerprint density at radius 2 is 2.00 bits per heavy atom. The molecule has 0 aliphatic carbocycles. The average molecular weight is 186 g/mol. The maximum absolute atomic E-state index is 4.30. The highest BCUT2D eigenvalue weighted by molar-refractivity contribution is 5.14. The smallest absolute Gasteiger partial charge is 0.125 e. The molecule has 0 amide bonds. The highest BCUT2D eigenvalue weighted by Crippen LogP contribution is 2.03. The van der Waals surface area contributed by atoms with Gasteiger partial charge < -0.3 is 0 Å². The lowest BCUT2D eigenvalue weighted by Gasteiger charge is -1.99. The fraction of sp³-hybridized carbons (Fsp3) is 0.200. The zero-order valence-electron chi connectivity index (χ0n) is 7.88. The lowest BCUT2D eigenvalue weighted by Crippen LogP contribution is -1.96. The highest BCUT2D eigenvalue weighted by atomic mass is 14.9. The van der Waals surface area contributed by atoms with Crippen LogP contribution in [-0.4, -0.2) is 19.9 Å². The van der Waals surface area contributed by atoms with Crippen molar-refractivity contribution < 1.29 is 0 Å². The van der Waals surface area contributed by atoms with Crippen molar-refractivity contribution in [2.24, 2.45) is 0 Å². The van der Waals surface area contributed by atoms with Crippen molar-refractivity contribution in [1.82, 2.24) is 19.9 Å². The summed E-state index contributed by atoms with van der Waals surface area (Å²) in [5.74, 6) is 0.791. The van der Waals surface area contributed by atoms with Crippen LogP contribution in [0.2, 0.25) is 0 Å². The summed E-state index contributed by atoms with van der Waals surface area (Å²) in [6.07, 6.45) is 7.63. The van der Waals surface area contributed by atoms with Gasteiger partial charge in [-0.25, -0.2) is 19.9 Å². The third kappa shape index (κ3) is 2.10. The van der Waals surface area contributed by atoms with Gasteiger partial charge in [-0.15, -0.1) is 0 Å². The van der Waals surface area contributed by atoms with E-state index in [9.17, 15) is 0 Å². The second-order valence-electron chi connectivity index (χ2n) is 3.02. The van der Waals surface area contributed by atoms with Crippen molar-refractivity contribution in [1.29, 1.82) is 0 Å². The van der Waals surface area contributed by atoms with E-state index in [1.54, 1.807) is 18.6 Å². The molecule has 0 fully saturated rings. The topological polar surface area (TPSA) is 51.6 Å². The standard InChI is InChI=1S/C10H10N4/c1-8-13-3-2-10(14-8)4-9-5-11-7-12-6-9/h2-3,5-7H,4H2,1H3. The molecular weight excluding hydrogens is 176 g/mol. The highest BCUT2D eigenvalue weighted by Gasteiger charge is 1.98. The molecule has 2 aromatic heterocycles. The molecule has 0 unspecified atom stereocenters. The number of rotatable bonds is 2. The Kier molecular flexibility index (Phi) is 2.44. The molecule has 70 valence electrons. The van der Waals surface area contributed by atoms with E-state index in [-0.39, 0.29) is 0 Å². The molecule has 2 rings (SSSR count). The minimum absolute atomic E-state index is 0.754. The molecule has 0 N–H and O–H groups in total. The van der Waals surface area contributed by atoms with Crippen LogP contribution < -0.4 is 0 Å². The third-order valence-corrected chi connectivity index (χ3v) is 1.83. The molecule has 0 atom stereocenters. The van der Waals surface area contributed by atoms with E-state index >= 15 is 0 Å². The van der Waals surface area contributed by atoms with Crippen molar-refractivity contribution >= 4 is 0 Å². The summed E-state index contributed by atoms with van der Waals surface area (Å²) < 4.78 is 0. The van der Waals surface area contributed by atoms with Crippen molar-refractivity contribution in [3.63, 3.8) is 0 Å². The number of hydrogen-bond donors (Lipinski definition) is 0. The first-order valence-corrected chi connectivity index (χ1v) is 4.37. The van der Waals surface area contributed by atoms with Crippen LogP contribution in [0.4, 0.5) is 0 Å². The van der Waals surface area contributed by atoms with Gasteiger partial charge in [0.25, 0.3) is 0 Å². The van der Waals surface area contributed by atoms with Crippen LogP contribution in [0.3, 0.4) is 0 Å². The van der Waals surface area contributed by atoms with E-state index in [2.05, 4.69) is 19.9 Å². The summed E-state index contributed by atoms with van der Waals surface area (Å²) in [5, 5.41) is 0. The molecule has 0 aromatic carbocycles. The predicted molar refractivity (Wildman–Crippen MR) is 51.6 cm³/mol. The monoisotopic (exact) mass is 186 g/mol. The van der Waals surface area contributed by atoms with Crippen molar-refractivity contribution in [3.8, 4) is 0 Å². The molecule has 0 aliphatic rings. The summed E-state index contributed by atoms with van der Waals surface area (Å²) in [5.41, 5.74) is 2.05. The van der Waals surface area contributed by atoms with Gasteiger partial charge in [-0.2, -0.15) is 0 Å². The molecule has 0 aliphatic heterocycles. The fourth-order valence-electron chi connectivity index (χ4n) is 1.23. The molecule has 4 heteroatoms. The Bertz CT molecular complexity index is 413. The van der Waals surface area contributed by atoms with Crippen LogP contribution in [0.15, 0.2) is 31.0 Å². The van der Waals surface area contributed by atoms with Crippen LogP contribution in [0.25, 0.3) is 0 Å². The van der Waals surface area contributed by atoms with Gasteiger partial charge in [0.15, 0.2) is 0 Å². The second-order valence-corrected chi connectivity index (χ2v) is 3.02. The zero-order valence-corrected chi connectivity index (χ0v) is 7.88. The van der Waals surface area contributed by atoms with Crippen LogP contribution in [-0.2, 0) is 6.42 Å². The van der Waals surface area contributed by atoms with Crippen LogP contribution in [0.5, 0.6) is 0 Å². The lowest BCUT2D eigenvalue weighted by molar-refractivity contribution is 0.954. The van der Waals surface area contributed by atoms with E-state index in [0.717, 1.165) is 23.5 Å². The summed E-state index contributed by atoms with van der Waals surface area (Å²) in [6.45, 7) is 1.88. The summed E-state index contributed by atoms with van der Waals surface area (Å²) in [6, 6.07) is 1.90. The van der Waals surface area contributed by atoms with E-state index in [1.807, 2.05) is 13.0 Å². The number of aryl methyl sites for hydroxylation is 1. The molecule has 0 saturated carbocycles. The molecule has 0 spiro atoms. The Morgan fingerprint density at radius 1 is 1.21 bits per heavy atom. The van der Waals surface area contributed by atoms with Gasteiger partial charge in [-0.1, -0.05) is 0 Å². The van der Waals surface area contributed by atoms with Crippen molar-refractivity contribution in [2.45, 2.75) is 13.3 Å². The predicted octanol–water partition coefficient (Wildman–Crippen LogP) is 1.17. The van der Waals surface area contributed by atoms with E-state index in [1.165, 1.54) is 6.33 Å². The second kappa shape index (κ2) is 3.91. The number of nitrogens with zero attached hydrogens (tertiary/aromatic N) is 4. The average Bonchev–Trinajstić information content (AvgIpc) is 2.19. The molecule has 4 nitrogen and oxygen atoms in total. The van der Waals surface area contributed by atoms with Gasteiger partial charge in [0, 0.05) is 30.7 Å². The first kappa shape index (κ1) is 8.74. The van der Waals surface area contributed by atoms with Gasteiger partial charge >= 0.3 is 0 Å². The Balaban J connectivity index is 2.19. The maximum Gasteiger partial charge on any atom is 0.125 e. The third-order valence-electron chi connectivity index (χ3n) is 1.83. The van der Waals surface area contributed by atoms with Crippen LogP contribution in [0.1, 0.15) is 17.1 Å². The van der Waals surface area contributed by atoms with Gasteiger partial charge in [0.1, 0.15) is 12.2 Å². The number of hydrogen-bond acceptors (Lipinski definition) is 4. The van der Waals surface area contributed by atoms with Gasteiger partial charge in [-0.05, 0) is 18.6 Å². The van der Waals surface area contributed by atoms with E-state index < -0.39 is 0 Å². The van der Waals surface area contributed by atoms with Crippen molar-refractivity contribution in [2.75, 3.05) is 0 Å². The maximum atomic E-state index is 4.30. The van der Waals surface area contributed by atoms with Crippen LogP contribution >= 0.6 is 0 Å². The largest absolute Gasteiger partial charge is 0.245 e. The minimum Gasteiger partial charge on any atom is -0.245 e. The normalized spacial score (nSPS) is 10.1. The molecule has 14 heavy (non-hydrogen) atoms. The fourth-order valence-corrected chi connectivity index (χ4v) is 1.23. The SMILES string of the molecule is Cc1nccc(Cc2cncnc2)n1. The zero-order chi connectivity index (χ0) is 9.80. The molecular formula is C10H10N4. The summed E-state index contributed by atoms with van der Waals surface area (Å²) in [7, 11) is 0. The van der Waals surface area contributed by atoms with Gasteiger partial charge in [0.05, 0.1) is 0 Å². The summed E-state index contributed by atoms with van der Waals surface area (Å²) in [4.78, 5) is 16.2. The first-order valence-electron chi connectivity index (χ1n) is 4.37. The molecule has 0 bridgehead atoms. The first-order chi connectivity index (χ1) is 6.84. The molecule has 0 saturated heterocycles. The van der Waals surface area contributed by atoms with Crippen molar-refractivity contribution in [3.05, 3.63) is 48.1 Å². The van der Waals surface area contributed by atoms with E-state index in [4.69, 9.17) is 0 Å². The molecule has 2 heterocycles. The Labute approximate surface area is 82.1 Å². The Morgan fingerprint density at radius 3 is 2.71 bits per heavy atom. The molecule has 2 aromatic rings. The van der Waals surface area contributed by atoms with E-state index in [0.29, 0.717) is 0 Å². The van der Waals surface area contributed by atoms with Crippen LogP contribution in [0, 0.1) is 6.92 Å². The van der Waals surface area contributed by atoms with Gasteiger partial charge in [-0.3, -0.25) is 0 Å². The minimum atomic E-state index is 0.754. The lowest BCUT2D eigenvalue weighted by atomic mass is 10.2. The van der Waals surface area contributed by atoms with Gasteiger partial charge in [0.2, 0.25) is 0 Å². The Hall–Kier alpha value is -1.84. The number of aromatic nitrogens is 4.